The first-order valence-corrected chi connectivity index (χ1v) is 7.14. The van der Waals surface area contributed by atoms with Gasteiger partial charge in [-0.2, -0.15) is 16.6 Å². The number of benzene rings is 1. The highest BCUT2D eigenvalue weighted by atomic mass is 79.9. The van der Waals surface area contributed by atoms with Crippen LogP contribution in [-0.2, 0) is 4.79 Å². The smallest absolute Gasteiger partial charge is 0.266 e. The fraction of sp³-hybridized carbons (Fsp3) is 0. The predicted octanol–water partition coefficient (Wildman–Crippen LogP) is 4.06. The maximum absolute atomic E-state index is 12.0. The van der Waals surface area contributed by atoms with Gasteiger partial charge in [-0.1, -0.05) is 12.1 Å². The van der Waals surface area contributed by atoms with E-state index in [9.17, 15) is 4.79 Å². The first-order valence-electron chi connectivity index (χ1n) is 5.40. The molecule has 0 atom stereocenters. The quantitative estimate of drug-likeness (QED) is 0.680. The Morgan fingerprint density at radius 2 is 2.16 bits per heavy atom. The molecule has 0 aliphatic rings. The lowest BCUT2D eigenvalue weighted by Crippen LogP contribution is -2.13. The lowest BCUT2D eigenvalue weighted by Gasteiger charge is -2.05. The first-order chi connectivity index (χ1) is 9.20. The number of halogens is 1. The molecule has 19 heavy (non-hydrogen) atoms. The second kappa shape index (κ2) is 6.32. The third kappa shape index (κ3) is 3.53. The molecule has 0 saturated carbocycles. The molecular weight excluding hydrogens is 324 g/mol. The van der Waals surface area contributed by atoms with E-state index in [2.05, 4.69) is 21.2 Å². The van der Waals surface area contributed by atoms with E-state index in [1.54, 1.807) is 12.1 Å². The summed E-state index contributed by atoms with van der Waals surface area (Å²) in [5.41, 5.74) is 1.57. The summed E-state index contributed by atoms with van der Waals surface area (Å²) in [6.45, 7) is 0. The monoisotopic (exact) mass is 332 g/mol. The number of nitrogens with one attached hydrogen (secondary N) is 1. The Bertz CT molecular complexity index is 656. The maximum atomic E-state index is 12.0. The van der Waals surface area contributed by atoms with Gasteiger partial charge in [-0.05, 0) is 56.5 Å². The topological polar surface area (TPSA) is 52.9 Å². The van der Waals surface area contributed by atoms with Crippen molar-refractivity contribution in [3.8, 4) is 6.07 Å². The summed E-state index contributed by atoms with van der Waals surface area (Å²) in [5, 5.41) is 15.5. The molecule has 3 nitrogen and oxygen atoms in total. The molecule has 94 valence electrons. The fourth-order valence-electron chi connectivity index (χ4n) is 1.42. The van der Waals surface area contributed by atoms with E-state index in [1.165, 1.54) is 11.3 Å². The summed E-state index contributed by atoms with van der Waals surface area (Å²) in [6, 6.07) is 11.0. The standard InChI is InChI=1S/C14H9BrN2OS/c15-12-3-1-2-4-13(12)17-14(18)11(8-16)7-10-5-6-19-9-10/h1-7,9H,(H,17,18)/b11-7-. The number of hydrogen-bond acceptors (Lipinski definition) is 3. The van der Waals surface area contributed by atoms with Crippen molar-refractivity contribution in [2.75, 3.05) is 5.32 Å². The SMILES string of the molecule is N#C/C(=C/c1ccsc1)C(=O)Nc1ccccc1Br. The van der Waals surface area contributed by atoms with E-state index in [0.717, 1.165) is 10.0 Å². The lowest BCUT2D eigenvalue weighted by atomic mass is 10.2. The number of carbonyl (C=O) groups is 1. The number of carbonyl (C=O) groups excluding carboxylic acids is 1. The highest BCUT2D eigenvalue weighted by Crippen LogP contribution is 2.22. The third-order valence-corrected chi connectivity index (χ3v) is 3.73. The van der Waals surface area contributed by atoms with Crippen LogP contribution >= 0.6 is 27.3 Å². The molecule has 2 rings (SSSR count). The van der Waals surface area contributed by atoms with Crippen molar-refractivity contribution < 1.29 is 4.79 Å². The minimum absolute atomic E-state index is 0.0779. The van der Waals surface area contributed by atoms with Crippen molar-refractivity contribution in [3.05, 3.63) is 56.7 Å². The van der Waals surface area contributed by atoms with Gasteiger partial charge in [0.15, 0.2) is 0 Å². The Morgan fingerprint density at radius 1 is 1.37 bits per heavy atom. The molecule has 0 fully saturated rings. The molecular formula is C14H9BrN2OS. The average molecular weight is 333 g/mol. The molecule has 0 bridgehead atoms. The van der Waals surface area contributed by atoms with Gasteiger partial charge in [0.2, 0.25) is 0 Å². The normalized spacial score (nSPS) is 10.8. The van der Waals surface area contributed by atoms with E-state index in [-0.39, 0.29) is 5.57 Å². The molecule has 5 heteroatoms. The Hall–Kier alpha value is -1.90. The van der Waals surface area contributed by atoms with Gasteiger partial charge in [-0.15, -0.1) is 0 Å². The Labute approximate surface area is 123 Å². The first kappa shape index (κ1) is 13.5. The zero-order valence-corrected chi connectivity index (χ0v) is 12.2. The number of hydrogen-bond donors (Lipinski definition) is 1. The van der Waals surface area contributed by atoms with Crippen molar-refractivity contribution in [2.24, 2.45) is 0 Å². The molecule has 1 aromatic carbocycles. The third-order valence-electron chi connectivity index (χ3n) is 2.34. The largest absolute Gasteiger partial charge is 0.320 e. The fourth-order valence-corrected chi connectivity index (χ4v) is 2.43. The van der Waals surface area contributed by atoms with Gasteiger partial charge in [0.05, 0.1) is 5.69 Å². The zero-order valence-electron chi connectivity index (χ0n) is 9.76. The molecule has 0 spiro atoms. The summed E-state index contributed by atoms with van der Waals surface area (Å²) >= 11 is 4.86. The highest BCUT2D eigenvalue weighted by Gasteiger charge is 2.10. The van der Waals surface area contributed by atoms with E-state index in [1.807, 2.05) is 41.1 Å². The van der Waals surface area contributed by atoms with Crippen molar-refractivity contribution in [2.45, 2.75) is 0 Å². The van der Waals surface area contributed by atoms with Gasteiger partial charge in [-0.3, -0.25) is 4.79 Å². The van der Waals surface area contributed by atoms with Crippen molar-refractivity contribution in [1.29, 1.82) is 5.26 Å². The van der Waals surface area contributed by atoms with Crippen molar-refractivity contribution in [3.63, 3.8) is 0 Å². The van der Waals surface area contributed by atoms with Crippen LogP contribution in [0, 0.1) is 11.3 Å². The number of nitrogens with zero attached hydrogens (tertiary/aromatic N) is 1. The van der Waals surface area contributed by atoms with E-state index in [4.69, 9.17) is 5.26 Å². The molecule has 0 aliphatic heterocycles. The van der Waals surface area contributed by atoms with Crippen LogP contribution in [0.1, 0.15) is 5.56 Å². The van der Waals surface area contributed by atoms with Crippen LogP contribution in [0.2, 0.25) is 0 Å². The Kier molecular flexibility index (Phi) is 4.50. The van der Waals surface area contributed by atoms with Gasteiger partial charge in [0, 0.05) is 4.47 Å². The Morgan fingerprint density at radius 3 is 2.79 bits per heavy atom. The molecule has 1 aromatic heterocycles. The minimum atomic E-state index is -0.416. The number of rotatable bonds is 3. The summed E-state index contributed by atoms with van der Waals surface area (Å²) in [4.78, 5) is 12.0. The minimum Gasteiger partial charge on any atom is -0.320 e. The molecule has 1 amide bonds. The maximum Gasteiger partial charge on any atom is 0.266 e. The zero-order chi connectivity index (χ0) is 13.7. The van der Waals surface area contributed by atoms with E-state index < -0.39 is 5.91 Å². The Balaban J connectivity index is 2.19. The number of nitriles is 1. The average Bonchev–Trinajstić information content (AvgIpc) is 2.91. The van der Waals surface area contributed by atoms with Crippen LogP contribution in [0.4, 0.5) is 5.69 Å². The molecule has 0 unspecified atom stereocenters. The van der Waals surface area contributed by atoms with Gasteiger partial charge in [0.1, 0.15) is 11.6 Å². The van der Waals surface area contributed by atoms with Gasteiger partial charge in [-0.25, -0.2) is 0 Å². The highest BCUT2D eigenvalue weighted by molar-refractivity contribution is 9.10. The van der Waals surface area contributed by atoms with Crippen LogP contribution in [-0.4, -0.2) is 5.91 Å². The number of thiophene rings is 1. The van der Waals surface area contributed by atoms with Crippen LogP contribution in [0.15, 0.2) is 51.1 Å². The van der Waals surface area contributed by atoms with E-state index >= 15 is 0 Å². The van der Waals surface area contributed by atoms with Gasteiger partial charge in [0.25, 0.3) is 5.91 Å². The van der Waals surface area contributed by atoms with Crippen molar-refractivity contribution in [1.82, 2.24) is 0 Å². The number of amides is 1. The molecule has 0 saturated heterocycles. The molecule has 0 radical (unpaired) electrons. The van der Waals surface area contributed by atoms with Crippen molar-refractivity contribution >= 4 is 44.9 Å². The summed E-state index contributed by atoms with van der Waals surface area (Å²) in [6.07, 6.45) is 1.57. The molecule has 1 N–H and O–H groups in total. The second-order valence-corrected chi connectivity index (χ2v) is 5.29. The summed E-state index contributed by atoms with van der Waals surface area (Å²) < 4.78 is 0.774. The molecule has 2 aromatic rings. The van der Waals surface area contributed by atoms with E-state index in [0.29, 0.717) is 5.69 Å². The lowest BCUT2D eigenvalue weighted by molar-refractivity contribution is -0.112. The van der Waals surface area contributed by atoms with Crippen LogP contribution in [0.5, 0.6) is 0 Å². The van der Waals surface area contributed by atoms with Gasteiger partial charge >= 0.3 is 0 Å². The van der Waals surface area contributed by atoms with Crippen LogP contribution in [0.25, 0.3) is 6.08 Å². The molecule has 0 aliphatic carbocycles. The van der Waals surface area contributed by atoms with Crippen LogP contribution in [0.3, 0.4) is 0 Å². The second-order valence-electron chi connectivity index (χ2n) is 3.66. The number of anilines is 1. The summed E-state index contributed by atoms with van der Waals surface area (Å²) in [7, 11) is 0. The predicted molar refractivity (Wildman–Crippen MR) is 80.7 cm³/mol. The van der Waals surface area contributed by atoms with Crippen LogP contribution < -0.4 is 5.32 Å². The number of para-hydroxylation sites is 1. The molecule has 1 heterocycles. The summed E-state index contributed by atoms with van der Waals surface area (Å²) in [5.74, 6) is -0.416. The van der Waals surface area contributed by atoms with Gasteiger partial charge < -0.3 is 5.32 Å².